The van der Waals surface area contributed by atoms with E-state index in [0.29, 0.717) is 43.8 Å². The predicted molar refractivity (Wildman–Crippen MR) is 175 cm³/mol. The van der Waals surface area contributed by atoms with E-state index >= 15 is 0 Å². The van der Waals surface area contributed by atoms with Crippen LogP contribution in [0.5, 0.6) is 5.75 Å². The van der Waals surface area contributed by atoms with E-state index < -0.39 is 21.2 Å². The minimum absolute atomic E-state index is 0.123. The molecule has 0 unspecified atom stereocenters. The number of benzene rings is 2. The van der Waals surface area contributed by atoms with E-state index in [4.69, 9.17) is 25.8 Å². The van der Waals surface area contributed by atoms with E-state index in [0.717, 1.165) is 80.9 Å². The number of sulfonamides is 1. The quantitative estimate of drug-likeness (QED) is 0.378. The Bertz CT molecular complexity index is 1560. The van der Waals surface area contributed by atoms with Gasteiger partial charge >= 0.3 is 0 Å². The monoisotopic (exact) mass is 656 g/mol. The van der Waals surface area contributed by atoms with Crippen LogP contribution in [0.1, 0.15) is 80.3 Å². The summed E-state index contributed by atoms with van der Waals surface area (Å²) in [7, 11) is -3.89. The highest BCUT2D eigenvalue weighted by Crippen LogP contribution is 2.50. The normalized spacial score (nSPS) is 34.9. The molecular formula is C35H45ClN2O6S. The van der Waals surface area contributed by atoms with Crippen molar-refractivity contribution >= 4 is 33.2 Å². The van der Waals surface area contributed by atoms with Gasteiger partial charge in [-0.2, -0.15) is 0 Å². The Balaban J connectivity index is 1.31. The Morgan fingerprint density at radius 2 is 1.87 bits per heavy atom. The Morgan fingerprint density at radius 3 is 2.64 bits per heavy atom. The summed E-state index contributed by atoms with van der Waals surface area (Å²) in [5.41, 5.74) is 3.11. The van der Waals surface area contributed by atoms with E-state index in [1.807, 2.05) is 25.1 Å². The number of anilines is 1. The van der Waals surface area contributed by atoms with Gasteiger partial charge in [0, 0.05) is 29.1 Å². The van der Waals surface area contributed by atoms with Crippen LogP contribution >= 0.6 is 11.6 Å². The van der Waals surface area contributed by atoms with Gasteiger partial charge in [0.1, 0.15) is 5.75 Å². The second-order valence-electron chi connectivity index (χ2n) is 14.2. The SMILES string of the molecule is C[C@@H]1[C@@H](C)CCC[C@]2(COCCO2)[C@@H]2CC[C@H]2CN2C[C@@]3(CCCc4cc(Cl)ccc43)COc3ccc(cc32)C(=O)NS1(=O)=O. The minimum Gasteiger partial charge on any atom is -0.490 e. The molecule has 1 saturated carbocycles. The summed E-state index contributed by atoms with van der Waals surface area (Å²) in [4.78, 5) is 15.9. The Labute approximate surface area is 272 Å². The summed E-state index contributed by atoms with van der Waals surface area (Å²) in [6.07, 6.45) is 7.61. The largest absolute Gasteiger partial charge is 0.490 e. The van der Waals surface area contributed by atoms with Gasteiger partial charge < -0.3 is 19.1 Å². The van der Waals surface area contributed by atoms with Gasteiger partial charge in [0.15, 0.2) is 0 Å². The number of halogens is 1. The zero-order valence-corrected chi connectivity index (χ0v) is 27.9. The topological polar surface area (TPSA) is 94.2 Å². The third-order valence-corrected chi connectivity index (χ3v) is 13.7. The number of fused-ring (bicyclic) bond motifs is 5. The number of rotatable bonds is 0. The number of nitrogens with one attached hydrogen (secondary N) is 1. The highest BCUT2D eigenvalue weighted by atomic mass is 35.5. The zero-order chi connectivity index (χ0) is 31.4. The third kappa shape index (κ3) is 5.76. The summed E-state index contributed by atoms with van der Waals surface area (Å²) in [5.74, 6) is 0.731. The summed E-state index contributed by atoms with van der Waals surface area (Å²) in [6.45, 7) is 7.48. The van der Waals surface area contributed by atoms with Crippen LogP contribution in [0.3, 0.4) is 0 Å². The van der Waals surface area contributed by atoms with Gasteiger partial charge in [0.25, 0.3) is 5.91 Å². The predicted octanol–water partition coefficient (Wildman–Crippen LogP) is 5.89. The van der Waals surface area contributed by atoms with Crippen LogP contribution in [0, 0.1) is 17.8 Å². The zero-order valence-electron chi connectivity index (χ0n) is 26.4. The molecule has 5 aliphatic rings. The number of hydrogen-bond acceptors (Lipinski definition) is 7. The van der Waals surface area contributed by atoms with E-state index in [9.17, 15) is 13.2 Å². The molecule has 8 nitrogen and oxygen atoms in total. The van der Waals surface area contributed by atoms with Gasteiger partial charge in [0.2, 0.25) is 10.0 Å². The molecule has 0 radical (unpaired) electrons. The molecule has 1 saturated heterocycles. The molecule has 2 aliphatic carbocycles. The van der Waals surface area contributed by atoms with Crippen molar-refractivity contribution in [1.29, 1.82) is 0 Å². The second-order valence-corrected chi connectivity index (χ2v) is 16.7. The smallest absolute Gasteiger partial charge is 0.264 e. The van der Waals surface area contributed by atoms with Crippen molar-refractivity contribution in [3.05, 3.63) is 58.1 Å². The number of hydrogen-bond donors (Lipinski definition) is 1. The molecule has 2 fully saturated rings. The van der Waals surface area contributed by atoms with Crippen LogP contribution in [0.4, 0.5) is 5.69 Å². The molecule has 2 bridgehead atoms. The first-order valence-corrected chi connectivity index (χ1v) is 18.6. The van der Waals surface area contributed by atoms with Gasteiger partial charge in [-0.3, -0.25) is 4.79 Å². The molecule has 2 aromatic rings. The molecule has 6 atom stereocenters. The van der Waals surface area contributed by atoms with Crippen molar-refractivity contribution in [2.75, 3.05) is 44.4 Å². The summed E-state index contributed by atoms with van der Waals surface area (Å²) >= 11 is 6.44. The molecule has 2 spiro atoms. The van der Waals surface area contributed by atoms with Gasteiger partial charge in [0.05, 0.1) is 43.0 Å². The van der Waals surface area contributed by atoms with Crippen molar-refractivity contribution in [3.8, 4) is 5.75 Å². The van der Waals surface area contributed by atoms with Crippen molar-refractivity contribution in [1.82, 2.24) is 4.72 Å². The number of amides is 1. The van der Waals surface area contributed by atoms with Crippen LogP contribution in [-0.4, -0.2) is 64.7 Å². The number of carbonyl (C=O) groups excluding carboxylic acids is 1. The van der Waals surface area contributed by atoms with Crippen LogP contribution < -0.4 is 14.4 Å². The maximum atomic E-state index is 13.5. The van der Waals surface area contributed by atoms with Gasteiger partial charge in [-0.1, -0.05) is 31.0 Å². The molecule has 3 aliphatic heterocycles. The Morgan fingerprint density at radius 1 is 1.00 bits per heavy atom. The lowest BCUT2D eigenvalue weighted by atomic mass is 9.62. The van der Waals surface area contributed by atoms with Crippen molar-refractivity contribution in [2.24, 2.45) is 17.8 Å². The fourth-order valence-electron chi connectivity index (χ4n) is 8.70. The van der Waals surface area contributed by atoms with Crippen LogP contribution in [-0.2, 0) is 31.3 Å². The standard InChI is InChI=1S/C35H45ClN2O6S/c1-23-5-3-14-35(22-42-15-16-44-35)30-10-7-27(30)19-38-20-34(13-4-6-25-17-28(36)9-11-29(25)34)21-43-32-12-8-26(18-31(32)38)33(39)37-45(40,41)24(23)2/h8-9,11-12,17-18,23-24,27,30H,3-7,10,13-16,19-22H2,1-2H3,(H,37,39)/t23-,24+,27-,30+,34-,35-/m0/s1. The van der Waals surface area contributed by atoms with E-state index in [-0.39, 0.29) is 16.9 Å². The molecule has 1 amide bonds. The molecule has 3 heterocycles. The highest BCUT2D eigenvalue weighted by Gasteiger charge is 2.51. The number of nitrogens with zero attached hydrogens (tertiary/aromatic N) is 1. The molecule has 1 N–H and O–H groups in total. The molecule has 2 aromatic carbocycles. The summed E-state index contributed by atoms with van der Waals surface area (Å²) in [6, 6.07) is 11.6. The van der Waals surface area contributed by atoms with Crippen LogP contribution in [0.2, 0.25) is 5.02 Å². The lowest BCUT2D eigenvalue weighted by Gasteiger charge is -2.53. The molecule has 7 rings (SSSR count). The molecule has 45 heavy (non-hydrogen) atoms. The lowest BCUT2D eigenvalue weighted by molar-refractivity contribution is -0.212. The van der Waals surface area contributed by atoms with Gasteiger partial charge in [-0.25, -0.2) is 13.1 Å². The highest BCUT2D eigenvalue weighted by molar-refractivity contribution is 7.90. The van der Waals surface area contributed by atoms with E-state index in [1.165, 1.54) is 11.1 Å². The van der Waals surface area contributed by atoms with Gasteiger partial charge in [-0.15, -0.1) is 0 Å². The molecule has 10 heteroatoms. The second kappa shape index (κ2) is 12.0. The summed E-state index contributed by atoms with van der Waals surface area (Å²) < 4.78 is 48.5. The maximum Gasteiger partial charge on any atom is 0.264 e. The maximum absolute atomic E-state index is 13.5. The third-order valence-electron chi connectivity index (χ3n) is 11.6. The van der Waals surface area contributed by atoms with Gasteiger partial charge in [-0.05, 0) is 111 Å². The lowest BCUT2D eigenvalue weighted by Crippen LogP contribution is -2.57. The summed E-state index contributed by atoms with van der Waals surface area (Å²) in [5, 5.41) is 0.0333. The molecular weight excluding hydrogens is 612 g/mol. The fraction of sp³-hybridized carbons (Fsp3) is 0.629. The molecule has 244 valence electrons. The van der Waals surface area contributed by atoms with Crippen LogP contribution in [0.25, 0.3) is 0 Å². The molecule has 0 aromatic heterocycles. The first kappa shape index (κ1) is 31.3. The number of ether oxygens (including phenoxy) is 3. The van der Waals surface area contributed by atoms with Crippen LogP contribution in [0.15, 0.2) is 36.4 Å². The van der Waals surface area contributed by atoms with E-state index in [2.05, 4.69) is 21.8 Å². The fourth-order valence-corrected chi connectivity index (χ4v) is 10.2. The number of carbonyl (C=O) groups is 1. The minimum atomic E-state index is -3.89. The Kier molecular flexibility index (Phi) is 8.37. The average Bonchev–Trinajstić information content (AvgIpc) is 3.15. The first-order chi connectivity index (χ1) is 21.6. The first-order valence-electron chi connectivity index (χ1n) is 16.7. The average molecular weight is 657 g/mol. The number of aryl methyl sites for hydroxylation is 1. The Hall–Kier alpha value is -2.33. The van der Waals surface area contributed by atoms with Crippen molar-refractivity contribution in [3.63, 3.8) is 0 Å². The van der Waals surface area contributed by atoms with Crippen molar-refractivity contribution < 1.29 is 27.4 Å². The van der Waals surface area contributed by atoms with Crippen molar-refractivity contribution in [2.45, 2.75) is 81.5 Å². The van der Waals surface area contributed by atoms with E-state index in [1.54, 1.807) is 13.0 Å².